The van der Waals surface area contributed by atoms with Crippen molar-refractivity contribution < 1.29 is 4.79 Å². The maximum absolute atomic E-state index is 11.1. The molecule has 0 aromatic rings. The summed E-state index contributed by atoms with van der Waals surface area (Å²) in [4.78, 5) is 11.1. The Labute approximate surface area is 67.4 Å². The standard InChI is InChI=1S/C9H15NO/c11-9-2-1-8-6-10-4-3-7(8)5-9/h7-8,10H,1-6H2/t7-,8?/m1/s1. The summed E-state index contributed by atoms with van der Waals surface area (Å²) >= 11 is 0. The first-order valence-electron chi connectivity index (χ1n) is 4.58. The lowest BCUT2D eigenvalue weighted by Gasteiger charge is -2.35. The quantitative estimate of drug-likeness (QED) is 0.561. The van der Waals surface area contributed by atoms with Gasteiger partial charge in [-0.15, -0.1) is 0 Å². The van der Waals surface area contributed by atoms with Gasteiger partial charge in [0.15, 0.2) is 0 Å². The summed E-state index contributed by atoms with van der Waals surface area (Å²) in [5, 5.41) is 3.39. The molecule has 0 amide bonds. The molecule has 2 nitrogen and oxygen atoms in total. The van der Waals surface area contributed by atoms with E-state index in [4.69, 9.17) is 0 Å². The van der Waals surface area contributed by atoms with Crippen molar-refractivity contribution in [3.05, 3.63) is 0 Å². The van der Waals surface area contributed by atoms with E-state index in [1.807, 2.05) is 0 Å². The Kier molecular flexibility index (Phi) is 1.95. The molecule has 62 valence electrons. The van der Waals surface area contributed by atoms with Crippen LogP contribution in [0, 0.1) is 11.8 Å². The van der Waals surface area contributed by atoms with Crippen molar-refractivity contribution in [2.24, 2.45) is 11.8 Å². The van der Waals surface area contributed by atoms with Gasteiger partial charge >= 0.3 is 0 Å². The van der Waals surface area contributed by atoms with Crippen LogP contribution in [0.4, 0.5) is 0 Å². The molecule has 1 aliphatic carbocycles. The minimum absolute atomic E-state index is 0.494. The third-order valence-electron chi connectivity index (χ3n) is 3.05. The van der Waals surface area contributed by atoms with Gasteiger partial charge in [-0.1, -0.05) is 0 Å². The molecule has 2 aliphatic rings. The van der Waals surface area contributed by atoms with Gasteiger partial charge in [-0.05, 0) is 37.8 Å². The SMILES string of the molecule is O=C1CCC2CNCC[C@@H]2C1. The van der Waals surface area contributed by atoms with E-state index in [2.05, 4.69) is 5.32 Å². The molecule has 0 aromatic carbocycles. The van der Waals surface area contributed by atoms with E-state index in [0.29, 0.717) is 5.78 Å². The van der Waals surface area contributed by atoms with Gasteiger partial charge < -0.3 is 5.32 Å². The highest BCUT2D eigenvalue weighted by Crippen LogP contribution is 2.31. The van der Waals surface area contributed by atoms with E-state index < -0.39 is 0 Å². The Morgan fingerprint density at radius 3 is 3.09 bits per heavy atom. The van der Waals surface area contributed by atoms with E-state index in [-0.39, 0.29) is 0 Å². The van der Waals surface area contributed by atoms with Crippen molar-refractivity contribution in [1.82, 2.24) is 5.32 Å². The van der Waals surface area contributed by atoms with Crippen molar-refractivity contribution in [3.8, 4) is 0 Å². The third kappa shape index (κ3) is 1.45. The third-order valence-corrected chi connectivity index (χ3v) is 3.05. The zero-order valence-electron chi connectivity index (χ0n) is 6.81. The summed E-state index contributed by atoms with van der Waals surface area (Å²) in [6.45, 7) is 2.27. The van der Waals surface area contributed by atoms with Gasteiger partial charge in [0.1, 0.15) is 5.78 Å². The predicted molar refractivity (Wildman–Crippen MR) is 43.3 cm³/mol. The van der Waals surface area contributed by atoms with Crippen LogP contribution >= 0.6 is 0 Å². The number of Topliss-reactive ketones (excluding diaryl/α,β-unsaturated/α-hetero) is 1. The number of carbonyl (C=O) groups excluding carboxylic acids is 1. The lowest BCUT2D eigenvalue weighted by molar-refractivity contribution is -0.123. The number of fused-ring (bicyclic) bond motifs is 1. The van der Waals surface area contributed by atoms with E-state index in [9.17, 15) is 4.79 Å². The number of piperidine rings is 1. The van der Waals surface area contributed by atoms with E-state index in [1.165, 1.54) is 6.42 Å². The number of carbonyl (C=O) groups is 1. The summed E-state index contributed by atoms with van der Waals surface area (Å²) in [5.41, 5.74) is 0. The molecular formula is C9H15NO. The lowest BCUT2D eigenvalue weighted by Crippen LogP contribution is -2.40. The van der Waals surface area contributed by atoms with Gasteiger partial charge in [-0.3, -0.25) is 4.79 Å². The summed E-state index contributed by atoms with van der Waals surface area (Å²) in [6.07, 6.45) is 4.06. The molecule has 0 bridgehead atoms. The van der Waals surface area contributed by atoms with Crippen LogP contribution in [0.2, 0.25) is 0 Å². The minimum atomic E-state index is 0.494. The number of hydrogen-bond acceptors (Lipinski definition) is 2. The average Bonchev–Trinajstić information content (AvgIpc) is 2.04. The van der Waals surface area contributed by atoms with Crippen LogP contribution in [-0.4, -0.2) is 18.9 Å². The lowest BCUT2D eigenvalue weighted by atomic mass is 9.75. The molecule has 1 N–H and O–H groups in total. The molecule has 1 saturated carbocycles. The molecule has 0 radical (unpaired) electrons. The van der Waals surface area contributed by atoms with Crippen molar-refractivity contribution in [2.45, 2.75) is 25.7 Å². The molecule has 11 heavy (non-hydrogen) atoms. The Balaban J connectivity index is 1.98. The van der Waals surface area contributed by atoms with E-state index >= 15 is 0 Å². The molecule has 0 aromatic heterocycles. The number of nitrogens with one attached hydrogen (secondary N) is 1. The molecule has 1 saturated heterocycles. The van der Waals surface area contributed by atoms with Gasteiger partial charge in [0.25, 0.3) is 0 Å². The summed E-state index contributed by atoms with van der Waals surface area (Å²) in [6, 6.07) is 0. The second-order valence-corrected chi connectivity index (χ2v) is 3.79. The summed E-state index contributed by atoms with van der Waals surface area (Å²) in [5.74, 6) is 2.02. The first-order valence-corrected chi connectivity index (χ1v) is 4.58. The Bertz CT molecular complexity index is 167. The van der Waals surface area contributed by atoms with Crippen LogP contribution in [0.25, 0.3) is 0 Å². The van der Waals surface area contributed by atoms with Crippen LogP contribution in [0.3, 0.4) is 0 Å². The van der Waals surface area contributed by atoms with Crippen LogP contribution in [0.1, 0.15) is 25.7 Å². The Morgan fingerprint density at radius 2 is 2.18 bits per heavy atom. The smallest absolute Gasteiger partial charge is 0.133 e. The highest BCUT2D eigenvalue weighted by atomic mass is 16.1. The molecule has 2 heteroatoms. The van der Waals surface area contributed by atoms with Crippen molar-refractivity contribution in [3.63, 3.8) is 0 Å². The maximum atomic E-state index is 11.1. The molecule has 2 rings (SSSR count). The zero-order valence-corrected chi connectivity index (χ0v) is 6.81. The fourth-order valence-corrected chi connectivity index (χ4v) is 2.32. The van der Waals surface area contributed by atoms with Gasteiger partial charge in [0.2, 0.25) is 0 Å². The molecule has 0 spiro atoms. The largest absolute Gasteiger partial charge is 0.316 e. The normalized spacial score (nSPS) is 38.4. The highest BCUT2D eigenvalue weighted by molar-refractivity contribution is 5.79. The summed E-state index contributed by atoms with van der Waals surface area (Å²) in [7, 11) is 0. The van der Waals surface area contributed by atoms with Gasteiger partial charge in [-0.25, -0.2) is 0 Å². The van der Waals surface area contributed by atoms with E-state index in [1.54, 1.807) is 0 Å². The van der Waals surface area contributed by atoms with Crippen molar-refractivity contribution >= 4 is 5.78 Å². The molecule has 2 atom stereocenters. The van der Waals surface area contributed by atoms with E-state index in [0.717, 1.165) is 44.2 Å². The average molecular weight is 153 g/mol. The second-order valence-electron chi connectivity index (χ2n) is 3.79. The molecule has 1 unspecified atom stereocenters. The number of ketones is 1. The second kappa shape index (κ2) is 2.94. The Morgan fingerprint density at radius 1 is 1.27 bits per heavy atom. The first kappa shape index (κ1) is 7.29. The topological polar surface area (TPSA) is 29.1 Å². The molecular weight excluding hydrogens is 138 g/mol. The molecule has 1 aliphatic heterocycles. The summed E-state index contributed by atoms with van der Waals surface area (Å²) < 4.78 is 0. The first-order chi connectivity index (χ1) is 5.36. The molecule has 1 heterocycles. The fraction of sp³-hybridized carbons (Fsp3) is 0.889. The minimum Gasteiger partial charge on any atom is -0.316 e. The van der Waals surface area contributed by atoms with Gasteiger partial charge in [0, 0.05) is 12.8 Å². The maximum Gasteiger partial charge on any atom is 0.133 e. The fourth-order valence-electron chi connectivity index (χ4n) is 2.32. The van der Waals surface area contributed by atoms with Crippen LogP contribution in [0.15, 0.2) is 0 Å². The highest BCUT2D eigenvalue weighted by Gasteiger charge is 2.30. The van der Waals surface area contributed by atoms with Crippen LogP contribution in [0.5, 0.6) is 0 Å². The zero-order chi connectivity index (χ0) is 7.68. The molecule has 2 fully saturated rings. The monoisotopic (exact) mass is 153 g/mol. The van der Waals surface area contributed by atoms with Gasteiger partial charge in [0.05, 0.1) is 0 Å². The number of rotatable bonds is 0. The number of hydrogen-bond donors (Lipinski definition) is 1. The van der Waals surface area contributed by atoms with Crippen LogP contribution < -0.4 is 5.32 Å². The van der Waals surface area contributed by atoms with Gasteiger partial charge in [-0.2, -0.15) is 0 Å². The van der Waals surface area contributed by atoms with Crippen molar-refractivity contribution in [1.29, 1.82) is 0 Å². The van der Waals surface area contributed by atoms with Crippen molar-refractivity contribution in [2.75, 3.05) is 13.1 Å². The Hall–Kier alpha value is -0.370. The van der Waals surface area contributed by atoms with Crippen LogP contribution in [-0.2, 0) is 4.79 Å². The predicted octanol–water partition coefficient (Wildman–Crippen LogP) is 0.965.